The Hall–Kier alpha value is -3.30. The number of nitrogens with zero attached hydrogens (tertiary/aromatic N) is 4. The Labute approximate surface area is 209 Å². The first-order chi connectivity index (χ1) is 17.0. The lowest BCUT2D eigenvalue weighted by atomic mass is 9.77. The fourth-order valence-electron chi connectivity index (χ4n) is 5.66. The molecule has 3 fully saturated rings. The van der Waals surface area contributed by atoms with Crippen LogP contribution in [0.25, 0.3) is 0 Å². The number of nitrogens with one attached hydrogen (secondary N) is 1. The van der Waals surface area contributed by atoms with E-state index in [1.165, 1.54) is 4.90 Å². The minimum Gasteiger partial charge on any atom is -0.360 e. The van der Waals surface area contributed by atoms with Gasteiger partial charge in [-0.05, 0) is 43.4 Å². The molecule has 0 radical (unpaired) electrons. The average molecular weight is 490 g/mol. The third-order valence-corrected chi connectivity index (χ3v) is 7.91. The molecule has 1 N–H and O–H groups in total. The molecule has 6 rings (SSSR count). The molecular weight excluding hydrogens is 462 g/mol. The molecule has 3 saturated heterocycles. The second-order valence-corrected chi connectivity index (χ2v) is 9.95. The number of ether oxygens (including phenoxy) is 1. The van der Waals surface area contributed by atoms with Crippen molar-refractivity contribution in [3.8, 4) is 0 Å². The molecule has 0 saturated carbocycles. The number of carbonyl (C=O) groups is 2. The standard InChI is InChI=1S/C26H27N5O3S/c1-17-5-7-18(8-6-17)31-23(32)21-19-9-10-26(34-19,22(21)24(31)33)16-28-25(35)30-14-12-29(13-15-30)20-4-2-3-11-27-20/h2-11,19,21-22H,12-16H2,1H3,(H,28,35)/t19-,21-,22-,26+/m1/s1. The Bertz CT molecular complexity index is 1200. The summed E-state index contributed by atoms with van der Waals surface area (Å²) < 4.78 is 6.25. The van der Waals surface area contributed by atoms with Crippen LogP contribution in [0.4, 0.5) is 11.5 Å². The molecule has 8 nitrogen and oxygen atoms in total. The van der Waals surface area contributed by atoms with Crippen LogP contribution in [0.2, 0.25) is 0 Å². The highest BCUT2D eigenvalue weighted by Crippen LogP contribution is 2.52. The summed E-state index contributed by atoms with van der Waals surface area (Å²) in [6, 6.07) is 13.4. The highest BCUT2D eigenvalue weighted by Gasteiger charge is 2.67. The largest absolute Gasteiger partial charge is 0.360 e. The van der Waals surface area contributed by atoms with Crippen molar-refractivity contribution in [3.05, 3.63) is 66.4 Å². The molecular formula is C26H27N5O3S. The molecule has 2 bridgehead atoms. The molecule has 4 aliphatic heterocycles. The zero-order chi connectivity index (χ0) is 24.2. The van der Waals surface area contributed by atoms with Crippen molar-refractivity contribution in [1.29, 1.82) is 0 Å². The van der Waals surface area contributed by atoms with Crippen LogP contribution >= 0.6 is 12.2 Å². The maximum atomic E-state index is 13.5. The van der Waals surface area contributed by atoms with Crippen LogP contribution in [0, 0.1) is 18.8 Å². The molecule has 2 amide bonds. The summed E-state index contributed by atoms with van der Waals surface area (Å²) in [5.74, 6) is -0.464. The van der Waals surface area contributed by atoms with Crippen molar-refractivity contribution < 1.29 is 14.3 Å². The first kappa shape index (κ1) is 22.2. The number of anilines is 2. The van der Waals surface area contributed by atoms with Crippen LogP contribution < -0.4 is 15.1 Å². The molecule has 1 aromatic carbocycles. The van der Waals surface area contributed by atoms with Gasteiger partial charge in [-0.25, -0.2) is 9.88 Å². The van der Waals surface area contributed by atoms with Gasteiger partial charge in [-0.3, -0.25) is 9.59 Å². The van der Waals surface area contributed by atoms with Crippen LogP contribution in [-0.2, 0) is 14.3 Å². The van der Waals surface area contributed by atoms with Gasteiger partial charge in [0.1, 0.15) is 11.4 Å². The van der Waals surface area contributed by atoms with Gasteiger partial charge >= 0.3 is 0 Å². The highest BCUT2D eigenvalue weighted by molar-refractivity contribution is 7.80. The van der Waals surface area contributed by atoms with E-state index in [2.05, 4.69) is 20.1 Å². The number of thiocarbonyl (C=S) groups is 1. The van der Waals surface area contributed by atoms with E-state index in [1.807, 2.05) is 61.5 Å². The molecule has 35 heavy (non-hydrogen) atoms. The summed E-state index contributed by atoms with van der Waals surface area (Å²) in [7, 11) is 0. The van der Waals surface area contributed by atoms with Crippen molar-refractivity contribution in [2.24, 2.45) is 11.8 Å². The number of pyridine rings is 1. The molecule has 1 aromatic heterocycles. The zero-order valence-corrected chi connectivity index (χ0v) is 20.3. The van der Waals surface area contributed by atoms with Gasteiger partial charge in [0.25, 0.3) is 0 Å². The summed E-state index contributed by atoms with van der Waals surface area (Å²) in [4.78, 5) is 36.9. The van der Waals surface area contributed by atoms with E-state index in [0.29, 0.717) is 17.3 Å². The maximum Gasteiger partial charge on any atom is 0.241 e. The minimum atomic E-state index is -0.874. The van der Waals surface area contributed by atoms with Crippen molar-refractivity contribution in [1.82, 2.24) is 15.2 Å². The van der Waals surface area contributed by atoms with E-state index >= 15 is 0 Å². The van der Waals surface area contributed by atoms with E-state index in [4.69, 9.17) is 17.0 Å². The number of rotatable bonds is 4. The predicted molar refractivity (Wildman–Crippen MR) is 136 cm³/mol. The third kappa shape index (κ3) is 3.61. The van der Waals surface area contributed by atoms with Gasteiger partial charge in [-0.1, -0.05) is 35.9 Å². The molecule has 0 spiro atoms. The van der Waals surface area contributed by atoms with Gasteiger partial charge in [0.15, 0.2) is 5.11 Å². The van der Waals surface area contributed by atoms with Crippen molar-refractivity contribution in [2.75, 3.05) is 42.5 Å². The highest BCUT2D eigenvalue weighted by atomic mass is 32.1. The number of hydrogen-bond acceptors (Lipinski definition) is 6. The Morgan fingerprint density at radius 1 is 1.11 bits per heavy atom. The number of hydrogen-bond donors (Lipinski definition) is 1. The number of fused-ring (bicyclic) bond motifs is 5. The van der Waals surface area contributed by atoms with Gasteiger partial charge in [0.2, 0.25) is 11.8 Å². The van der Waals surface area contributed by atoms with Crippen LogP contribution in [0.1, 0.15) is 5.56 Å². The third-order valence-electron chi connectivity index (χ3n) is 7.50. The molecule has 0 aliphatic carbocycles. The lowest BCUT2D eigenvalue weighted by molar-refractivity contribution is -0.126. The molecule has 180 valence electrons. The molecule has 2 aromatic rings. The monoisotopic (exact) mass is 489 g/mol. The van der Waals surface area contributed by atoms with E-state index in [1.54, 1.807) is 6.20 Å². The summed E-state index contributed by atoms with van der Waals surface area (Å²) in [5, 5.41) is 3.98. The second-order valence-electron chi connectivity index (χ2n) is 9.57. The summed E-state index contributed by atoms with van der Waals surface area (Å²) in [6.07, 6.45) is 5.28. The van der Waals surface area contributed by atoms with Crippen molar-refractivity contribution >= 4 is 40.6 Å². The number of aryl methyl sites for hydroxylation is 1. The summed E-state index contributed by atoms with van der Waals surface area (Å²) >= 11 is 5.70. The molecule has 4 aliphatic rings. The second kappa shape index (κ2) is 8.42. The van der Waals surface area contributed by atoms with Gasteiger partial charge in [-0.15, -0.1) is 0 Å². The summed E-state index contributed by atoms with van der Waals surface area (Å²) in [5.41, 5.74) is 0.818. The molecule has 0 unspecified atom stereocenters. The van der Waals surface area contributed by atoms with Gasteiger partial charge in [0, 0.05) is 32.4 Å². The maximum absolute atomic E-state index is 13.5. The molecule has 4 atom stereocenters. The van der Waals surface area contributed by atoms with Crippen LogP contribution in [0.5, 0.6) is 0 Å². The fraction of sp³-hybridized carbons (Fsp3) is 0.385. The number of amides is 2. The van der Waals surface area contributed by atoms with E-state index in [0.717, 1.165) is 37.6 Å². The number of carbonyl (C=O) groups excluding carboxylic acids is 2. The SMILES string of the molecule is Cc1ccc(N2C(=O)[C@@H]3[C@H]4C=C[C@@](CNC(=S)N5CCN(c6ccccn6)CC5)(O4)[C@H]3C2=O)cc1. The minimum absolute atomic E-state index is 0.187. The van der Waals surface area contributed by atoms with E-state index in [9.17, 15) is 9.59 Å². The van der Waals surface area contributed by atoms with Gasteiger partial charge in [-0.2, -0.15) is 0 Å². The number of benzene rings is 1. The van der Waals surface area contributed by atoms with Crippen LogP contribution in [-0.4, -0.2) is 71.2 Å². The van der Waals surface area contributed by atoms with Crippen molar-refractivity contribution in [3.63, 3.8) is 0 Å². The number of aromatic nitrogens is 1. The first-order valence-electron chi connectivity index (χ1n) is 12.0. The lowest BCUT2D eigenvalue weighted by Crippen LogP contribution is -2.55. The van der Waals surface area contributed by atoms with Gasteiger partial charge in [0.05, 0.1) is 30.2 Å². The van der Waals surface area contributed by atoms with Crippen molar-refractivity contribution in [2.45, 2.75) is 18.6 Å². The quantitative estimate of drug-likeness (QED) is 0.397. The molecule has 5 heterocycles. The predicted octanol–water partition coefficient (Wildman–Crippen LogP) is 1.90. The van der Waals surface area contributed by atoms with Gasteiger partial charge < -0.3 is 19.9 Å². The Kier molecular flexibility index (Phi) is 5.34. The number of piperazine rings is 1. The Morgan fingerprint density at radius 3 is 2.60 bits per heavy atom. The average Bonchev–Trinajstić information content (AvgIpc) is 3.54. The normalized spacial score (nSPS) is 29.2. The smallest absolute Gasteiger partial charge is 0.241 e. The Morgan fingerprint density at radius 2 is 1.89 bits per heavy atom. The number of imide groups is 1. The topological polar surface area (TPSA) is 78.0 Å². The van der Waals surface area contributed by atoms with Crippen LogP contribution in [0.3, 0.4) is 0 Å². The summed E-state index contributed by atoms with van der Waals surface area (Å²) in [6.45, 7) is 5.53. The fourth-order valence-corrected chi connectivity index (χ4v) is 5.91. The first-order valence-corrected chi connectivity index (χ1v) is 12.4. The molecule has 9 heteroatoms. The Balaban J connectivity index is 1.12. The van der Waals surface area contributed by atoms with Crippen LogP contribution in [0.15, 0.2) is 60.8 Å². The zero-order valence-electron chi connectivity index (χ0n) is 19.5. The van der Waals surface area contributed by atoms with E-state index in [-0.39, 0.29) is 17.9 Å². The van der Waals surface area contributed by atoms with E-state index < -0.39 is 17.4 Å². The lowest BCUT2D eigenvalue weighted by Gasteiger charge is -2.38.